The SMILES string of the molecule is COC(=O)c1cc(OCc2ccccc2)c2ccccc2c1-c1ccccc1. The van der Waals surface area contributed by atoms with E-state index >= 15 is 0 Å². The first-order valence-electron chi connectivity index (χ1n) is 9.14. The summed E-state index contributed by atoms with van der Waals surface area (Å²) in [6, 6.07) is 29.6. The molecule has 0 spiro atoms. The predicted octanol–water partition coefficient (Wildman–Crippen LogP) is 5.87. The molecule has 0 aliphatic carbocycles. The van der Waals surface area contributed by atoms with Gasteiger partial charge in [-0.3, -0.25) is 0 Å². The Morgan fingerprint density at radius 2 is 1.39 bits per heavy atom. The second-order valence-corrected chi connectivity index (χ2v) is 6.47. The fraction of sp³-hybridized carbons (Fsp3) is 0.0800. The molecule has 0 amide bonds. The topological polar surface area (TPSA) is 35.5 Å². The number of fused-ring (bicyclic) bond motifs is 1. The summed E-state index contributed by atoms with van der Waals surface area (Å²) in [5.41, 5.74) is 3.39. The Balaban J connectivity index is 1.89. The third kappa shape index (κ3) is 3.47. The molecule has 0 N–H and O–H groups in total. The molecule has 4 aromatic carbocycles. The number of esters is 1. The van der Waals surface area contributed by atoms with Crippen molar-refractivity contribution in [3.63, 3.8) is 0 Å². The first-order chi connectivity index (χ1) is 13.8. The summed E-state index contributed by atoms with van der Waals surface area (Å²) in [4.78, 5) is 12.6. The molecule has 0 aromatic heterocycles. The molecule has 4 rings (SSSR count). The second-order valence-electron chi connectivity index (χ2n) is 6.47. The molecule has 0 saturated heterocycles. The molecule has 0 unspecified atom stereocenters. The summed E-state index contributed by atoms with van der Waals surface area (Å²) < 4.78 is 11.2. The maximum Gasteiger partial charge on any atom is 0.338 e. The zero-order chi connectivity index (χ0) is 19.3. The summed E-state index contributed by atoms with van der Waals surface area (Å²) in [5, 5.41) is 1.92. The number of methoxy groups -OCH3 is 1. The van der Waals surface area contributed by atoms with Crippen LogP contribution in [0.3, 0.4) is 0 Å². The third-order valence-corrected chi connectivity index (χ3v) is 4.71. The van der Waals surface area contributed by atoms with E-state index in [0.29, 0.717) is 17.9 Å². The van der Waals surface area contributed by atoms with Crippen molar-refractivity contribution in [1.82, 2.24) is 0 Å². The van der Waals surface area contributed by atoms with Crippen LogP contribution in [0.5, 0.6) is 5.75 Å². The fourth-order valence-corrected chi connectivity index (χ4v) is 3.38. The number of benzene rings is 4. The molecule has 0 aliphatic rings. The van der Waals surface area contributed by atoms with Crippen molar-refractivity contribution in [2.75, 3.05) is 7.11 Å². The summed E-state index contributed by atoms with van der Waals surface area (Å²) in [7, 11) is 1.40. The summed E-state index contributed by atoms with van der Waals surface area (Å²) >= 11 is 0. The Bertz CT molecular complexity index is 1100. The average molecular weight is 368 g/mol. The minimum absolute atomic E-state index is 0.380. The van der Waals surface area contributed by atoms with Gasteiger partial charge in [-0.1, -0.05) is 84.9 Å². The van der Waals surface area contributed by atoms with E-state index in [2.05, 4.69) is 0 Å². The predicted molar refractivity (Wildman–Crippen MR) is 111 cm³/mol. The fourth-order valence-electron chi connectivity index (χ4n) is 3.38. The Morgan fingerprint density at radius 1 is 0.786 bits per heavy atom. The first-order valence-corrected chi connectivity index (χ1v) is 9.14. The third-order valence-electron chi connectivity index (χ3n) is 4.71. The van der Waals surface area contributed by atoms with Crippen LogP contribution in [-0.2, 0) is 11.3 Å². The monoisotopic (exact) mass is 368 g/mol. The van der Waals surface area contributed by atoms with Gasteiger partial charge in [-0.2, -0.15) is 0 Å². The van der Waals surface area contributed by atoms with E-state index in [0.717, 1.165) is 27.5 Å². The van der Waals surface area contributed by atoms with E-state index in [-0.39, 0.29) is 5.97 Å². The van der Waals surface area contributed by atoms with Crippen LogP contribution in [0.4, 0.5) is 0 Å². The number of rotatable bonds is 5. The molecule has 4 aromatic rings. The smallest absolute Gasteiger partial charge is 0.338 e. The van der Waals surface area contributed by atoms with Crippen LogP contribution in [0.1, 0.15) is 15.9 Å². The lowest BCUT2D eigenvalue weighted by atomic mass is 9.92. The van der Waals surface area contributed by atoms with Gasteiger partial charge in [0, 0.05) is 10.9 Å². The maximum atomic E-state index is 12.6. The average Bonchev–Trinajstić information content (AvgIpc) is 2.77. The molecule has 0 heterocycles. The summed E-state index contributed by atoms with van der Waals surface area (Å²) in [6.45, 7) is 0.427. The Morgan fingerprint density at radius 3 is 2.07 bits per heavy atom. The van der Waals surface area contributed by atoms with Gasteiger partial charge in [0.05, 0.1) is 12.7 Å². The highest BCUT2D eigenvalue weighted by Gasteiger charge is 2.20. The zero-order valence-corrected chi connectivity index (χ0v) is 15.6. The zero-order valence-electron chi connectivity index (χ0n) is 15.6. The molecule has 0 fully saturated rings. The standard InChI is InChI=1S/C25H20O3/c1-27-25(26)22-16-23(28-17-18-10-4-2-5-11-18)20-14-8-9-15-21(20)24(22)19-12-6-3-7-13-19/h2-16H,17H2,1H3. The van der Waals surface area contributed by atoms with E-state index in [1.54, 1.807) is 6.07 Å². The molecule has 138 valence electrons. The quantitative estimate of drug-likeness (QED) is 0.413. The number of carbonyl (C=O) groups is 1. The molecular formula is C25H20O3. The molecule has 0 aliphatic heterocycles. The van der Waals surface area contributed by atoms with Crippen molar-refractivity contribution in [3.8, 4) is 16.9 Å². The minimum atomic E-state index is -0.380. The Kier molecular flexibility index (Phi) is 5.07. The summed E-state index contributed by atoms with van der Waals surface area (Å²) in [6.07, 6.45) is 0. The van der Waals surface area contributed by atoms with Gasteiger partial charge in [0.1, 0.15) is 12.4 Å². The van der Waals surface area contributed by atoms with Crippen molar-refractivity contribution in [2.24, 2.45) is 0 Å². The maximum absolute atomic E-state index is 12.6. The van der Waals surface area contributed by atoms with Crippen molar-refractivity contribution in [2.45, 2.75) is 6.61 Å². The van der Waals surface area contributed by atoms with E-state index in [9.17, 15) is 4.79 Å². The van der Waals surface area contributed by atoms with Gasteiger partial charge in [0.2, 0.25) is 0 Å². The molecule has 0 saturated carbocycles. The van der Waals surface area contributed by atoms with Gasteiger partial charge in [-0.25, -0.2) is 4.79 Å². The van der Waals surface area contributed by atoms with E-state index < -0.39 is 0 Å². The van der Waals surface area contributed by atoms with Gasteiger partial charge in [-0.05, 0) is 22.6 Å². The highest BCUT2D eigenvalue weighted by atomic mass is 16.5. The van der Waals surface area contributed by atoms with Gasteiger partial charge >= 0.3 is 5.97 Å². The van der Waals surface area contributed by atoms with Crippen LogP contribution < -0.4 is 4.74 Å². The second kappa shape index (κ2) is 7.97. The molecule has 0 bridgehead atoms. The van der Waals surface area contributed by atoms with Gasteiger partial charge in [-0.15, -0.1) is 0 Å². The van der Waals surface area contributed by atoms with E-state index in [1.807, 2.05) is 84.9 Å². The molecule has 0 atom stereocenters. The van der Waals surface area contributed by atoms with Crippen molar-refractivity contribution < 1.29 is 14.3 Å². The number of ether oxygens (including phenoxy) is 2. The lowest BCUT2D eigenvalue weighted by molar-refractivity contribution is 0.0601. The van der Waals surface area contributed by atoms with E-state index in [4.69, 9.17) is 9.47 Å². The van der Waals surface area contributed by atoms with Crippen LogP contribution in [0.15, 0.2) is 91.0 Å². The minimum Gasteiger partial charge on any atom is -0.488 e. The molecule has 3 heteroatoms. The van der Waals surface area contributed by atoms with Crippen molar-refractivity contribution in [3.05, 3.63) is 102 Å². The Hall–Kier alpha value is -3.59. The Labute approximate surface area is 164 Å². The largest absolute Gasteiger partial charge is 0.488 e. The number of carbonyl (C=O) groups excluding carboxylic acids is 1. The van der Waals surface area contributed by atoms with Crippen LogP contribution in [-0.4, -0.2) is 13.1 Å². The normalized spacial score (nSPS) is 10.6. The number of hydrogen-bond acceptors (Lipinski definition) is 3. The first kappa shape index (κ1) is 17.8. The van der Waals surface area contributed by atoms with Crippen LogP contribution in [0.25, 0.3) is 21.9 Å². The van der Waals surface area contributed by atoms with Crippen molar-refractivity contribution in [1.29, 1.82) is 0 Å². The van der Waals surface area contributed by atoms with Gasteiger partial charge < -0.3 is 9.47 Å². The number of hydrogen-bond donors (Lipinski definition) is 0. The van der Waals surface area contributed by atoms with E-state index in [1.165, 1.54) is 7.11 Å². The molecular weight excluding hydrogens is 348 g/mol. The summed E-state index contributed by atoms with van der Waals surface area (Å²) in [5.74, 6) is 0.286. The highest BCUT2D eigenvalue weighted by molar-refractivity contribution is 6.10. The van der Waals surface area contributed by atoms with Crippen LogP contribution in [0.2, 0.25) is 0 Å². The van der Waals surface area contributed by atoms with Gasteiger partial charge in [0.25, 0.3) is 0 Å². The molecule has 0 radical (unpaired) electrons. The van der Waals surface area contributed by atoms with Crippen LogP contribution in [0, 0.1) is 0 Å². The van der Waals surface area contributed by atoms with Crippen LogP contribution >= 0.6 is 0 Å². The molecule has 28 heavy (non-hydrogen) atoms. The molecule has 3 nitrogen and oxygen atoms in total. The lowest BCUT2D eigenvalue weighted by Gasteiger charge is -2.16. The lowest BCUT2D eigenvalue weighted by Crippen LogP contribution is -2.06. The highest BCUT2D eigenvalue weighted by Crippen LogP contribution is 2.38. The van der Waals surface area contributed by atoms with Gasteiger partial charge in [0.15, 0.2) is 0 Å². The van der Waals surface area contributed by atoms with Crippen molar-refractivity contribution >= 4 is 16.7 Å².